The minimum Gasteiger partial charge on any atom is -0.326 e. The van der Waals surface area contributed by atoms with Crippen LogP contribution in [0.4, 0.5) is 5.69 Å². The van der Waals surface area contributed by atoms with Crippen LogP contribution in [-0.4, -0.2) is 17.8 Å². The van der Waals surface area contributed by atoms with Crippen molar-refractivity contribution in [3.8, 4) is 0 Å². The molecule has 17 heavy (non-hydrogen) atoms. The van der Waals surface area contributed by atoms with Gasteiger partial charge in [0.2, 0.25) is 5.91 Å². The lowest BCUT2D eigenvalue weighted by molar-refractivity contribution is -0.114. The molecular formula is C13H18N2OS. The third-order valence-corrected chi connectivity index (χ3v) is 3.95. The van der Waals surface area contributed by atoms with Crippen molar-refractivity contribution in [1.29, 1.82) is 0 Å². The van der Waals surface area contributed by atoms with Gasteiger partial charge in [0.25, 0.3) is 0 Å². The lowest BCUT2D eigenvalue weighted by Gasteiger charge is -2.22. The normalized spacial score (nSPS) is 19.9. The van der Waals surface area contributed by atoms with E-state index in [1.54, 1.807) is 0 Å². The number of carbonyl (C=O) groups is 1. The highest BCUT2D eigenvalue weighted by atomic mass is 32.2. The maximum absolute atomic E-state index is 10.9. The highest BCUT2D eigenvalue weighted by Crippen LogP contribution is 2.27. The first-order valence-electron chi connectivity index (χ1n) is 6.02. The number of piperidine rings is 1. The minimum absolute atomic E-state index is 0.0284. The Morgan fingerprint density at radius 2 is 2.12 bits per heavy atom. The number of nitrogens with one attached hydrogen (secondary N) is 2. The van der Waals surface area contributed by atoms with Gasteiger partial charge in [-0.1, -0.05) is 0 Å². The van der Waals surface area contributed by atoms with Crippen molar-refractivity contribution >= 4 is 23.4 Å². The molecule has 1 unspecified atom stereocenters. The summed E-state index contributed by atoms with van der Waals surface area (Å²) in [5, 5.41) is 6.82. The molecule has 4 heteroatoms. The molecule has 1 aromatic carbocycles. The van der Waals surface area contributed by atoms with Crippen LogP contribution in [0.1, 0.15) is 26.2 Å². The van der Waals surface area contributed by atoms with E-state index in [-0.39, 0.29) is 5.91 Å². The molecule has 1 aliphatic heterocycles. The van der Waals surface area contributed by atoms with Crippen LogP contribution in [0, 0.1) is 0 Å². The number of hydrogen-bond acceptors (Lipinski definition) is 3. The fourth-order valence-corrected chi connectivity index (χ4v) is 3.01. The second-order valence-corrected chi connectivity index (χ2v) is 5.54. The average molecular weight is 250 g/mol. The zero-order chi connectivity index (χ0) is 12.1. The van der Waals surface area contributed by atoms with Crippen LogP contribution in [0.5, 0.6) is 0 Å². The molecule has 0 bridgehead atoms. The van der Waals surface area contributed by atoms with E-state index in [1.165, 1.54) is 31.1 Å². The largest absolute Gasteiger partial charge is 0.326 e. The molecule has 0 radical (unpaired) electrons. The zero-order valence-corrected chi connectivity index (χ0v) is 10.8. The third kappa shape index (κ3) is 4.06. The van der Waals surface area contributed by atoms with Gasteiger partial charge in [-0.2, -0.15) is 0 Å². The van der Waals surface area contributed by atoms with Crippen LogP contribution in [0.3, 0.4) is 0 Å². The monoisotopic (exact) mass is 250 g/mol. The highest BCUT2D eigenvalue weighted by Gasteiger charge is 2.13. The van der Waals surface area contributed by atoms with Gasteiger partial charge in [-0.3, -0.25) is 4.79 Å². The van der Waals surface area contributed by atoms with Gasteiger partial charge < -0.3 is 10.6 Å². The van der Waals surface area contributed by atoms with E-state index in [1.807, 2.05) is 23.9 Å². The summed E-state index contributed by atoms with van der Waals surface area (Å²) in [7, 11) is 0. The standard InChI is InChI=1S/C13H18N2OS/c1-10(16)15-11-5-7-12(8-6-11)17-13-4-2-3-9-14-13/h5-8,13-14H,2-4,9H2,1H3,(H,15,16). The van der Waals surface area contributed by atoms with Crippen molar-refractivity contribution in [2.75, 3.05) is 11.9 Å². The van der Waals surface area contributed by atoms with Gasteiger partial charge in [0.1, 0.15) is 0 Å². The third-order valence-electron chi connectivity index (χ3n) is 2.72. The molecule has 2 rings (SSSR count). The molecular weight excluding hydrogens is 232 g/mol. The first-order valence-corrected chi connectivity index (χ1v) is 6.90. The number of thioether (sulfide) groups is 1. The summed E-state index contributed by atoms with van der Waals surface area (Å²) >= 11 is 1.87. The van der Waals surface area contributed by atoms with Crippen molar-refractivity contribution in [3.63, 3.8) is 0 Å². The average Bonchev–Trinajstić information content (AvgIpc) is 2.32. The van der Waals surface area contributed by atoms with Crippen molar-refractivity contribution < 1.29 is 4.79 Å². The van der Waals surface area contributed by atoms with Crippen molar-refractivity contribution in [1.82, 2.24) is 5.32 Å². The minimum atomic E-state index is -0.0284. The van der Waals surface area contributed by atoms with Gasteiger partial charge in [0.05, 0.1) is 5.37 Å². The predicted octanol–water partition coefficient (Wildman–Crippen LogP) is 2.84. The van der Waals surface area contributed by atoms with Gasteiger partial charge in [-0.05, 0) is 50.1 Å². The summed E-state index contributed by atoms with van der Waals surface area (Å²) in [4.78, 5) is 12.1. The molecule has 1 heterocycles. The predicted molar refractivity (Wildman–Crippen MR) is 72.2 cm³/mol. The molecule has 92 valence electrons. The van der Waals surface area contributed by atoms with E-state index in [9.17, 15) is 4.79 Å². The van der Waals surface area contributed by atoms with Crippen molar-refractivity contribution in [3.05, 3.63) is 24.3 Å². The Bertz CT molecular complexity index is 372. The molecule has 1 aromatic rings. The molecule has 1 amide bonds. The maximum Gasteiger partial charge on any atom is 0.221 e. The van der Waals surface area contributed by atoms with Gasteiger partial charge in [-0.15, -0.1) is 11.8 Å². The molecule has 2 N–H and O–H groups in total. The Hall–Kier alpha value is -1.00. The number of amides is 1. The molecule has 1 atom stereocenters. The van der Waals surface area contributed by atoms with E-state index in [0.717, 1.165) is 12.2 Å². The molecule has 0 spiro atoms. The van der Waals surface area contributed by atoms with E-state index in [0.29, 0.717) is 5.37 Å². The number of benzene rings is 1. The van der Waals surface area contributed by atoms with Crippen LogP contribution in [0.2, 0.25) is 0 Å². The Balaban J connectivity index is 1.90. The lowest BCUT2D eigenvalue weighted by atomic mass is 10.2. The number of rotatable bonds is 3. The lowest BCUT2D eigenvalue weighted by Crippen LogP contribution is -2.30. The van der Waals surface area contributed by atoms with E-state index < -0.39 is 0 Å². The number of hydrogen-bond donors (Lipinski definition) is 2. The molecule has 1 fully saturated rings. The van der Waals surface area contributed by atoms with Crippen LogP contribution in [-0.2, 0) is 4.79 Å². The maximum atomic E-state index is 10.9. The van der Waals surface area contributed by atoms with Crippen LogP contribution >= 0.6 is 11.8 Å². The first kappa shape index (κ1) is 12.5. The Morgan fingerprint density at radius 1 is 1.35 bits per heavy atom. The van der Waals surface area contributed by atoms with E-state index in [4.69, 9.17) is 0 Å². The first-order chi connectivity index (χ1) is 8.24. The fraction of sp³-hybridized carbons (Fsp3) is 0.462. The summed E-state index contributed by atoms with van der Waals surface area (Å²) in [6, 6.07) is 8.03. The Kier molecular flexibility index (Phi) is 4.45. The quantitative estimate of drug-likeness (QED) is 0.866. The number of carbonyl (C=O) groups excluding carboxylic acids is 1. The van der Waals surface area contributed by atoms with Crippen molar-refractivity contribution in [2.24, 2.45) is 0 Å². The molecule has 0 saturated carbocycles. The van der Waals surface area contributed by atoms with Crippen LogP contribution in [0.15, 0.2) is 29.2 Å². The number of anilines is 1. The van der Waals surface area contributed by atoms with E-state index >= 15 is 0 Å². The molecule has 3 nitrogen and oxygen atoms in total. The van der Waals surface area contributed by atoms with Crippen LogP contribution in [0.25, 0.3) is 0 Å². The highest BCUT2D eigenvalue weighted by molar-refractivity contribution is 7.99. The summed E-state index contributed by atoms with van der Waals surface area (Å²) in [6.45, 7) is 2.65. The molecule has 1 aliphatic rings. The summed E-state index contributed by atoms with van der Waals surface area (Å²) in [5.41, 5.74) is 0.860. The zero-order valence-electron chi connectivity index (χ0n) is 10.0. The molecule has 1 saturated heterocycles. The van der Waals surface area contributed by atoms with Gasteiger partial charge in [0.15, 0.2) is 0 Å². The second kappa shape index (κ2) is 6.07. The van der Waals surface area contributed by atoms with E-state index in [2.05, 4.69) is 22.8 Å². The smallest absolute Gasteiger partial charge is 0.221 e. The van der Waals surface area contributed by atoms with Crippen molar-refractivity contribution in [2.45, 2.75) is 36.5 Å². The molecule has 0 aliphatic carbocycles. The second-order valence-electron chi connectivity index (χ2n) is 4.26. The summed E-state index contributed by atoms with van der Waals surface area (Å²) in [5.74, 6) is -0.0284. The topological polar surface area (TPSA) is 41.1 Å². The fourth-order valence-electron chi connectivity index (χ4n) is 1.90. The summed E-state index contributed by atoms with van der Waals surface area (Å²) < 4.78 is 0. The van der Waals surface area contributed by atoms with Gasteiger partial charge >= 0.3 is 0 Å². The summed E-state index contributed by atoms with van der Waals surface area (Å²) in [6.07, 6.45) is 3.84. The molecule has 0 aromatic heterocycles. The Labute approximate surface area is 106 Å². The SMILES string of the molecule is CC(=O)Nc1ccc(SC2CCCCN2)cc1. The van der Waals surface area contributed by atoms with Gasteiger partial charge in [-0.25, -0.2) is 0 Å². The van der Waals surface area contributed by atoms with Crippen LogP contribution < -0.4 is 10.6 Å². The van der Waals surface area contributed by atoms with Gasteiger partial charge in [0, 0.05) is 17.5 Å². The Morgan fingerprint density at radius 3 is 2.71 bits per heavy atom.